The molecule has 0 spiro atoms. The average Bonchev–Trinajstić information content (AvgIpc) is 3.04. The quantitative estimate of drug-likeness (QED) is 0.680. The van der Waals surface area contributed by atoms with Crippen LogP contribution in [0.2, 0.25) is 0 Å². The van der Waals surface area contributed by atoms with E-state index in [2.05, 4.69) is 5.43 Å². The molecule has 1 aromatic heterocycles. The normalized spacial score (nSPS) is 16.9. The van der Waals surface area contributed by atoms with Gasteiger partial charge in [0.25, 0.3) is 11.8 Å². The van der Waals surface area contributed by atoms with Gasteiger partial charge in [0.15, 0.2) is 0 Å². The van der Waals surface area contributed by atoms with Gasteiger partial charge in [-0.1, -0.05) is 23.8 Å². The molecular formula is C15H12N2O2S. The van der Waals surface area contributed by atoms with Gasteiger partial charge in [-0.25, -0.2) is 5.01 Å². The Hall–Kier alpha value is -2.40. The van der Waals surface area contributed by atoms with Crippen LogP contribution >= 0.6 is 11.3 Å². The number of hydrogen-bond acceptors (Lipinski definition) is 3. The Balaban J connectivity index is 1.92. The number of benzene rings is 1. The lowest BCUT2D eigenvalue weighted by atomic mass is 10.2. The van der Waals surface area contributed by atoms with Gasteiger partial charge in [-0.2, -0.15) is 0 Å². The van der Waals surface area contributed by atoms with Gasteiger partial charge in [0.2, 0.25) is 0 Å². The summed E-state index contributed by atoms with van der Waals surface area (Å²) in [7, 11) is 0. The van der Waals surface area contributed by atoms with Gasteiger partial charge >= 0.3 is 0 Å². The number of hydrogen-bond donors (Lipinski definition) is 1. The number of carbonyl (C=O) groups excluding carboxylic acids is 2. The Morgan fingerprint density at radius 3 is 2.55 bits per heavy atom. The summed E-state index contributed by atoms with van der Waals surface area (Å²) in [6.45, 7) is 1.97. The molecule has 0 atom stereocenters. The molecule has 0 aliphatic carbocycles. The minimum atomic E-state index is -0.371. The van der Waals surface area contributed by atoms with Crippen molar-refractivity contribution in [3.63, 3.8) is 0 Å². The maximum atomic E-state index is 12.3. The number of aryl methyl sites for hydroxylation is 1. The van der Waals surface area contributed by atoms with Crippen molar-refractivity contribution >= 4 is 34.9 Å². The van der Waals surface area contributed by atoms with E-state index in [-0.39, 0.29) is 17.4 Å². The number of anilines is 1. The van der Waals surface area contributed by atoms with Crippen molar-refractivity contribution in [3.8, 4) is 0 Å². The monoisotopic (exact) mass is 284 g/mol. The lowest BCUT2D eigenvalue weighted by molar-refractivity contribution is -0.117. The molecule has 3 rings (SSSR count). The van der Waals surface area contributed by atoms with Gasteiger partial charge in [0, 0.05) is 4.88 Å². The molecule has 2 heterocycles. The Morgan fingerprint density at radius 2 is 1.90 bits per heavy atom. The zero-order valence-electron chi connectivity index (χ0n) is 10.8. The summed E-state index contributed by atoms with van der Waals surface area (Å²) in [5.41, 5.74) is 4.50. The molecule has 20 heavy (non-hydrogen) atoms. The standard InChI is InChI=1S/C15H12N2O2S/c1-10-4-6-11(7-5-10)17-15(19)13(14(18)16-17)9-12-3-2-8-20-12/h2-9H,1H3,(H,16,18)/b13-9-. The van der Waals surface area contributed by atoms with Crippen molar-refractivity contribution in [2.24, 2.45) is 0 Å². The maximum absolute atomic E-state index is 12.3. The zero-order valence-corrected chi connectivity index (χ0v) is 11.6. The lowest BCUT2D eigenvalue weighted by Crippen LogP contribution is -2.35. The third-order valence-corrected chi connectivity index (χ3v) is 3.83. The van der Waals surface area contributed by atoms with Crippen molar-refractivity contribution in [1.29, 1.82) is 0 Å². The maximum Gasteiger partial charge on any atom is 0.282 e. The van der Waals surface area contributed by atoms with Gasteiger partial charge < -0.3 is 0 Å². The Morgan fingerprint density at radius 1 is 1.15 bits per heavy atom. The van der Waals surface area contributed by atoms with Crippen molar-refractivity contribution in [3.05, 3.63) is 57.8 Å². The molecule has 1 aliphatic heterocycles. The van der Waals surface area contributed by atoms with Crippen LogP contribution in [-0.2, 0) is 9.59 Å². The van der Waals surface area contributed by atoms with Crippen LogP contribution in [0.3, 0.4) is 0 Å². The van der Waals surface area contributed by atoms with Gasteiger partial charge in [0.1, 0.15) is 5.57 Å². The minimum Gasteiger partial charge on any atom is -0.267 e. The topological polar surface area (TPSA) is 49.4 Å². The molecule has 1 aromatic carbocycles. The summed E-state index contributed by atoms with van der Waals surface area (Å²) < 4.78 is 0. The van der Waals surface area contributed by atoms with Crippen molar-refractivity contribution in [2.45, 2.75) is 6.92 Å². The SMILES string of the molecule is Cc1ccc(N2NC(=O)/C(=C/c3cccs3)C2=O)cc1. The fourth-order valence-corrected chi connectivity index (χ4v) is 2.61. The van der Waals surface area contributed by atoms with Gasteiger partial charge in [0.05, 0.1) is 5.69 Å². The highest BCUT2D eigenvalue weighted by Gasteiger charge is 2.34. The van der Waals surface area contributed by atoms with Crippen LogP contribution in [0.15, 0.2) is 47.4 Å². The Kier molecular flexibility index (Phi) is 3.12. The molecule has 2 amide bonds. The first-order chi connectivity index (χ1) is 9.65. The highest BCUT2D eigenvalue weighted by atomic mass is 32.1. The van der Waals surface area contributed by atoms with Crippen LogP contribution in [0.1, 0.15) is 10.4 Å². The molecule has 1 N–H and O–H groups in total. The molecule has 5 heteroatoms. The van der Waals surface area contributed by atoms with E-state index in [1.54, 1.807) is 6.08 Å². The molecule has 2 aromatic rings. The van der Waals surface area contributed by atoms with Crippen molar-refractivity contribution < 1.29 is 9.59 Å². The fraction of sp³-hybridized carbons (Fsp3) is 0.0667. The van der Waals surface area contributed by atoms with E-state index < -0.39 is 0 Å². The van der Waals surface area contributed by atoms with Crippen LogP contribution in [0.5, 0.6) is 0 Å². The summed E-state index contributed by atoms with van der Waals surface area (Å²) in [6.07, 6.45) is 1.62. The first-order valence-corrected chi connectivity index (χ1v) is 7.00. The summed E-state index contributed by atoms with van der Waals surface area (Å²) in [5.74, 6) is -0.698. The van der Waals surface area contributed by atoms with Crippen LogP contribution in [0.25, 0.3) is 6.08 Å². The van der Waals surface area contributed by atoms with E-state index in [1.165, 1.54) is 16.3 Å². The molecule has 0 unspecified atom stereocenters. The average molecular weight is 284 g/mol. The number of nitrogens with zero attached hydrogens (tertiary/aromatic N) is 1. The third-order valence-electron chi connectivity index (χ3n) is 3.01. The summed E-state index contributed by atoms with van der Waals surface area (Å²) in [4.78, 5) is 25.1. The second-order valence-electron chi connectivity index (χ2n) is 4.49. The second kappa shape index (κ2) is 4.94. The first-order valence-electron chi connectivity index (χ1n) is 6.12. The van der Waals surface area contributed by atoms with Crippen molar-refractivity contribution in [1.82, 2.24) is 5.43 Å². The van der Waals surface area contributed by atoms with E-state index in [1.807, 2.05) is 48.7 Å². The summed E-state index contributed by atoms with van der Waals surface area (Å²) >= 11 is 1.49. The predicted octanol–water partition coefficient (Wildman–Crippen LogP) is 2.52. The minimum absolute atomic E-state index is 0.160. The van der Waals surface area contributed by atoms with Crippen LogP contribution in [0, 0.1) is 6.92 Å². The predicted molar refractivity (Wildman–Crippen MR) is 79.1 cm³/mol. The van der Waals surface area contributed by atoms with E-state index in [0.29, 0.717) is 5.69 Å². The van der Waals surface area contributed by atoms with Crippen LogP contribution in [0.4, 0.5) is 5.69 Å². The highest BCUT2D eigenvalue weighted by Crippen LogP contribution is 2.22. The van der Waals surface area contributed by atoms with E-state index in [0.717, 1.165) is 10.4 Å². The lowest BCUT2D eigenvalue weighted by Gasteiger charge is -2.14. The number of nitrogens with one attached hydrogen (secondary N) is 1. The summed E-state index contributed by atoms with van der Waals surface area (Å²) in [5, 5.41) is 3.18. The molecule has 1 fully saturated rings. The molecule has 100 valence electrons. The molecular weight excluding hydrogens is 272 g/mol. The smallest absolute Gasteiger partial charge is 0.267 e. The van der Waals surface area contributed by atoms with Gasteiger partial charge in [-0.15, -0.1) is 11.3 Å². The van der Waals surface area contributed by atoms with Crippen LogP contribution in [-0.4, -0.2) is 11.8 Å². The number of hydrazine groups is 1. The van der Waals surface area contributed by atoms with E-state index >= 15 is 0 Å². The Bertz CT molecular complexity index is 687. The highest BCUT2D eigenvalue weighted by molar-refractivity contribution is 7.10. The molecule has 0 bridgehead atoms. The third kappa shape index (κ3) is 2.23. The van der Waals surface area contributed by atoms with Crippen LogP contribution < -0.4 is 10.4 Å². The molecule has 0 radical (unpaired) electrons. The van der Waals surface area contributed by atoms with E-state index in [9.17, 15) is 9.59 Å². The van der Waals surface area contributed by atoms with Gasteiger partial charge in [-0.3, -0.25) is 15.0 Å². The molecule has 1 aliphatic rings. The Labute approximate surface area is 120 Å². The van der Waals surface area contributed by atoms with Crippen molar-refractivity contribution in [2.75, 3.05) is 5.01 Å². The zero-order chi connectivity index (χ0) is 14.1. The molecule has 0 saturated carbocycles. The fourth-order valence-electron chi connectivity index (χ4n) is 1.95. The number of amides is 2. The number of carbonyl (C=O) groups is 2. The summed E-state index contributed by atoms with van der Waals surface area (Å²) in [6, 6.07) is 11.2. The molecule has 4 nitrogen and oxygen atoms in total. The first kappa shape index (κ1) is 12.6. The number of rotatable bonds is 2. The number of thiophene rings is 1. The van der Waals surface area contributed by atoms with Gasteiger partial charge in [-0.05, 0) is 36.6 Å². The second-order valence-corrected chi connectivity index (χ2v) is 5.47. The van der Waals surface area contributed by atoms with E-state index in [4.69, 9.17) is 0 Å². The molecule has 1 saturated heterocycles. The largest absolute Gasteiger partial charge is 0.282 e.